The third kappa shape index (κ3) is 1.68. The first-order chi connectivity index (χ1) is 10.5. The molecule has 1 aliphatic carbocycles. The fourth-order valence-corrected chi connectivity index (χ4v) is 4.71. The lowest BCUT2D eigenvalue weighted by atomic mass is 10.00. The van der Waals surface area contributed by atoms with E-state index in [1.165, 1.54) is 0 Å². The highest BCUT2D eigenvalue weighted by atomic mass is 79.9. The molecular formula is C14H17BrN4O3. The minimum Gasteiger partial charge on any atom is -0.373 e. The largest absolute Gasteiger partial charge is 0.373 e. The Hall–Kier alpha value is -1.38. The van der Waals surface area contributed by atoms with Gasteiger partial charge in [-0.1, -0.05) is 6.92 Å². The molecule has 3 aliphatic rings. The van der Waals surface area contributed by atoms with E-state index in [-0.39, 0.29) is 30.4 Å². The van der Waals surface area contributed by atoms with Gasteiger partial charge in [0.2, 0.25) is 5.91 Å². The number of aliphatic hydroxyl groups is 1. The third-order valence-electron chi connectivity index (χ3n) is 5.09. The summed E-state index contributed by atoms with van der Waals surface area (Å²) >= 11 is 3.48. The predicted octanol–water partition coefficient (Wildman–Crippen LogP) is -0.184. The number of likely N-dealkylation sites (N-methyl/N-ethyl adjacent to an activating group) is 1. The van der Waals surface area contributed by atoms with Crippen molar-refractivity contribution in [3.8, 4) is 0 Å². The standard InChI is InChI=1S/C14H17BrN4O3/c1-2-18-6-10(20)16-12-11-8(5-14(12,18)22)19-7(13(21)17-11)3-4-9(19)15/h3-4,8,11-12,22H,2,5-6H2,1H3,(H,16,20)(H,17,21). The molecule has 0 bridgehead atoms. The molecule has 1 aromatic rings. The lowest BCUT2D eigenvalue weighted by Crippen LogP contribution is -2.70. The van der Waals surface area contributed by atoms with Crippen molar-refractivity contribution < 1.29 is 14.7 Å². The van der Waals surface area contributed by atoms with Crippen LogP contribution >= 0.6 is 15.9 Å². The zero-order valence-corrected chi connectivity index (χ0v) is 13.6. The number of fused-ring (bicyclic) bond motifs is 5. The highest BCUT2D eigenvalue weighted by molar-refractivity contribution is 9.10. The van der Waals surface area contributed by atoms with Gasteiger partial charge in [0.05, 0.1) is 29.3 Å². The first kappa shape index (κ1) is 14.2. The molecule has 4 unspecified atom stereocenters. The number of nitrogens with one attached hydrogen (secondary N) is 2. The summed E-state index contributed by atoms with van der Waals surface area (Å²) in [7, 11) is 0. The van der Waals surface area contributed by atoms with Gasteiger partial charge in [-0.25, -0.2) is 0 Å². The molecule has 3 heterocycles. The molecule has 1 saturated heterocycles. The highest BCUT2D eigenvalue weighted by Crippen LogP contribution is 2.45. The molecule has 22 heavy (non-hydrogen) atoms. The Morgan fingerprint density at radius 3 is 2.91 bits per heavy atom. The Labute approximate surface area is 135 Å². The molecule has 0 radical (unpaired) electrons. The molecule has 3 N–H and O–H groups in total. The van der Waals surface area contributed by atoms with Crippen LogP contribution < -0.4 is 10.6 Å². The number of carbonyl (C=O) groups is 2. The van der Waals surface area contributed by atoms with Gasteiger partial charge >= 0.3 is 0 Å². The summed E-state index contributed by atoms with van der Waals surface area (Å²) in [5.74, 6) is -0.303. The second-order valence-electron chi connectivity index (χ2n) is 6.12. The van der Waals surface area contributed by atoms with E-state index < -0.39 is 11.8 Å². The Morgan fingerprint density at radius 2 is 2.18 bits per heavy atom. The zero-order valence-electron chi connectivity index (χ0n) is 12.0. The van der Waals surface area contributed by atoms with Gasteiger partial charge in [0.1, 0.15) is 11.4 Å². The summed E-state index contributed by atoms with van der Waals surface area (Å²) in [6.45, 7) is 2.68. The van der Waals surface area contributed by atoms with Gasteiger partial charge < -0.3 is 20.3 Å². The molecule has 1 aromatic heterocycles. The number of nitrogens with zero attached hydrogens (tertiary/aromatic N) is 2. The van der Waals surface area contributed by atoms with Gasteiger partial charge in [-0.05, 0) is 34.6 Å². The van der Waals surface area contributed by atoms with Crippen LogP contribution in [0.1, 0.15) is 29.9 Å². The maximum Gasteiger partial charge on any atom is 0.268 e. The number of piperazine rings is 1. The second kappa shape index (κ2) is 4.56. The van der Waals surface area contributed by atoms with E-state index >= 15 is 0 Å². The van der Waals surface area contributed by atoms with Crippen LogP contribution in [0.4, 0.5) is 0 Å². The minimum atomic E-state index is -1.14. The molecule has 4 rings (SSSR count). The second-order valence-corrected chi connectivity index (χ2v) is 6.93. The summed E-state index contributed by atoms with van der Waals surface area (Å²) in [6, 6.07) is 2.66. The molecular weight excluding hydrogens is 352 g/mol. The Morgan fingerprint density at radius 1 is 1.41 bits per heavy atom. The van der Waals surface area contributed by atoms with E-state index in [0.717, 1.165) is 4.60 Å². The Balaban J connectivity index is 1.81. The van der Waals surface area contributed by atoms with Crippen LogP contribution in [0.25, 0.3) is 0 Å². The van der Waals surface area contributed by atoms with Crippen LogP contribution in [0.15, 0.2) is 16.7 Å². The number of aromatic nitrogens is 1. The topological polar surface area (TPSA) is 86.6 Å². The van der Waals surface area contributed by atoms with Gasteiger partial charge in [0.25, 0.3) is 5.91 Å². The molecule has 8 heteroatoms. The van der Waals surface area contributed by atoms with Crippen molar-refractivity contribution in [1.29, 1.82) is 0 Å². The normalized spacial score (nSPS) is 37.1. The van der Waals surface area contributed by atoms with Crippen molar-refractivity contribution in [2.24, 2.45) is 0 Å². The lowest BCUT2D eigenvalue weighted by molar-refractivity contribution is -0.161. The summed E-state index contributed by atoms with van der Waals surface area (Å²) in [4.78, 5) is 26.0. The molecule has 2 aliphatic heterocycles. The van der Waals surface area contributed by atoms with Crippen LogP contribution in [0, 0.1) is 0 Å². The van der Waals surface area contributed by atoms with Crippen molar-refractivity contribution in [2.75, 3.05) is 13.1 Å². The first-order valence-electron chi connectivity index (χ1n) is 7.40. The smallest absolute Gasteiger partial charge is 0.268 e. The van der Waals surface area contributed by atoms with E-state index in [9.17, 15) is 14.7 Å². The zero-order chi connectivity index (χ0) is 15.6. The number of amides is 2. The van der Waals surface area contributed by atoms with E-state index in [0.29, 0.717) is 18.7 Å². The third-order valence-corrected chi connectivity index (χ3v) is 5.74. The number of halogens is 1. The maximum absolute atomic E-state index is 12.3. The Kier molecular flexibility index (Phi) is 2.95. The molecule has 4 atom stereocenters. The van der Waals surface area contributed by atoms with Crippen LogP contribution in [0.5, 0.6) is 0 Å². The van der Waals surface area contributed by atoms with E-state index in [1.54, 1.807) is 11.0 Å². The Bertz CT molecular complexity index is 675. The number of hydrogen-bond acceptors (Lipinski definition) is 4. The number of carbonyl (C=O) groups excluding carboxylic acids is 2. The van der Waals surface area contributed by atoms with Crippen LogP contribution in [0.3, 0.4) is 0 Å². The molecule has 2 fully saturated rings. The molecule has 118 valence electrons. The minimum absolute atomic E-state index is 0.0977. The summed E-state index contributed by atoms with van der Waals surface area (Å²) < 4.78 is 2.73. The maximum atomic E-state index is 12.3. The number of rotatable bonds is 1. The predicted molar refractivity (Wildman–Crippen MR) is 81.2 cm³/mol. The average Bonchev–Trinajstić information content (AvgIpc) is 2.98. The van der Waals surface area contributed by atoms with E-state index in [1.807, 2.05) is 17.6 Å². The van der Waals surface area contributed by atoms with Crippen molar-refractivity contribution >= 4 is 27.7 Å². The average molecular weight is 369 g/mol. The molecule has 0 spiro atoms. The highest BCUT2D eigenvalue weighted by Gasteiger charge is 2.61. The van der Waals surface area contributed by atoms with Crippen molar-refractivity contribution in [1.82, 2.24) is 20.1 Å². The van der Waals surface area contributed by atoms with Gasteiger partial charge in [0, 0.05) is 6.42 Å². The summed E-state index contributed by atoms with van der Waals surface area (Å²) in [6.07, 6.45) is 0.455. The molecule has 2 amide bonds. The van der Waals surface area contributed by atoms with Crippen LogP contribution in [-0.4, -0.2) is 57.3 Å². The van der Waals surface area contributed by atoms with Gasteiger partial charge in [0.15, 0.2) is 0 Å². The fourth-order valence-electron chi connectivity index (χ4n) is 4.12. The monoisotopic (exact) mass is 368 g/mol. The fraction of sp³-hybridized carbons (Fsp3) is 0.571. The van der Waals surface area contributed by atoms with Gasteiger partial charge in [-0.3, -0.25) is 14.5 Å². The summed E-state index contributed by atoms with van der Waals surface area (Å²) in [5, 5.41) is 17.0. The van der Waals surface area contributed by atoms with E-state index in [4.69, 9.17) is 0 Å². The van der Waals surface area contributed by atoms with Crippen LogP contribution in [-0.2, 0) is 4.79 Å². The molecule has 7 nitrogen and oxygen atoms in total. The van der Waals surface area contributed by atoms with Gasteiger partial charge in [-0.15, -0.1) is 0 Å². The van der Waals surface area contributed by atoms with Crippen molar-refractivity contribution in [3.05, 3.63) is 22.4 Å². The van der Waals surface area contributed by atoms with Crippen LogP contribution in [0.2, 0.25) is 0 Å². The van der Waals surface area contributed by atoms with Crippen molar-refractivity contribution in [3.63, 3.8) is 0 Å². The molecule has 0 aromatic carbocycles. The number of hydrogen-bond donors (Lipinski definition) is 3. The molecule has 1 saturated carbocycles. The lowest BCUT2D eigenvalue weighted by Gasteiger charge is -2.45. The van der Waals surface area contributed by atoms with Crippen molar-refractivity contribution in [2.45, 2.75) is 37.2 Å². The SMILES string of the molecule is CCN1CC(=O)NC2C3NC(=O)c4ccc(Br)n4C3CC21O. The first-order valence-corrected chi connectivity index (χ1v) is 8.19. The quantitative estimate of drug-likeness (QED) is 0.641. The van der Waals surface area contributed by atoms with Gasteiger partial charge in [-0.2, -0.15) is 0 Å². The summed E-state index contributed by atoms with van der Waals surface area (Å²) in [5.41, 5.74) is -0.568. The van der Waals surface area contributed by atoms with E-state index in [2.05, 4.69) is 26.6 Å².